The van der Waals surface area contributed by atoms with Crippen LogP contribution in [0.1, 0.15) is 31.9 Å². The van der Waals surface area contributed by atoms with E-state index in [0.717, 1.165) is 0 Å². The molecule has 3 rings (SSSR count). The van der Waals surface area contributed by atoms with Crippen LogP contribution in [0.5, 0.6) is 0 Å². The Morgan fingerprint density at radius 1 is 0.810 bits per heavy atom. The molecule has 0 fully saturated rings. The highest BCUT2D eigenvalue weighted by molar-refractivity contribution is 5.94. The smallest absolute Gasteiger partial charge is 0.0679 e. The summed E-state index contributed by atoms with van der Waals surface area (Å²) in [5.74, 6) is 0. The van der Waals surface area contributed by atoms with Gasteiger partial charge in [0.25, 0.3) is 0 Å². The van der Waals surface area contributed by atoms with Crippen molar-refractivity contribution in [3.8, 4) is 0 Å². The topological polar surface area (TPSA) is 6.48 Å². The highest BCUT2D eigenvalue weighted by Gasteiger charge is 2.26. The van der Waals surface area contributed by atoms with Gasteiger partial charge in [0, 0.05) is 14.1 Å². The van der Waals surface area contributed by atoms with Gasteiger partial charge in [0.15, 0.2) is 0 Å². The van der Waals surface area contributed by atoms with Gasteiger partial charge in [0.05, 0.1) is 22.7 Å². The minimum Gasteiger partial charge on any atom is -0.341 e. The number of rotatable bonds is 0. The van der Waals surface area contributed by atoms with Crippen molar-refractivity contribution in [1.82, 2.24) is 0 Å². The third-order valence-corrected chi connectivity index (χ3v) is 4.48. The summed E-state index contributed by atoms with van der Waals surface area (Å²) in [5, 5.41) is 0. The molecule has 0 bridgehead atoms. The molecule has 110 valence electrons. The summed E-state index contributed by atoms with van der Waals surface area (Å²) in [6.07, 6.45) is 0. The highest BCUT2D eigenvalue weighted by atomic mass is 15.2. The first kappa shape index (κ1) is 14.0. The Balaban J connectivity index is 2.21. The van der Waals surface area contributed by atoms with Crippen molar-refractivity contribution < 1.29 is 0 Å². The summed E-state index contributed by atoms with van der Waals surface area (Å²) >= 11 is 0. The normalized spacial score (nSPS) is 14.0. The summed E-state index contributed by atoms with van der Waals surface area (Å²) in [7, 11) is 4.32. The molecule has 0 N–H and O–H groups in total. The average molecular weight is 280 g/mol. The van der Waals surface area contributed by atoms with Crippen LogP contribution in [0.3, 0.4) is 0 Å². The van der Waals surface area contributed by atoms with Crippen LogP contribution in [-0.2, 0) is 5.41 Å². The Labute approximate surface area is 128 Å². The molecule has 2 nitrogen and oxygen atoms in total. The second kappa shape index (κ2) is 4.52. The van der Waals surface area contributed by atoms with E-state index in [0.29, 0.717) is 0 Å². The van der Waals surface area contributed by atoms with E-state index in [2.05, 4.69) is 88.0 Å². The molecule has 0 aliphatic carbocycles. The molecule has 21 heavy (non-hydrogen) atoms. The van der Waals surface area contributed by atoms with Gasteiger partial charge in [-0.1, -0.05) is 39.0 Å². The van der Waals surface area contributed by atoms with E-state index in [9.17, 15) is 0 Å². The van der Waals surface area contributed by atoms with E-state index in [1.807, 2.05) is 0 Å². The number of benzene rings is 2. The van der Waals surface area contributed by atoms with E-state index < -0.39 is 0 Å². The Hall–Kier alpha value is -1.96. The Bertz CT molecular complexity index is 695. The molecule has 0 spiro atoms. The predicted molar refractivity (Wildman–Crippen MR) is 92.4 cm³/mol. The van der Waals surface area contributed by atoms with E-state index in [1.54, 1.807) is 0 Å². The van der Waals surface area contributed by atoms with Gasteiger partial charge in [-0.2, -0.15) is 0 Å². The maximum Gasteiger partial charge on any atom is 0.0679 e. The van der Waals surface area contributed by atoms with E-state index in [-0.39, 0.29) is 5.41 Å². The molecule has 2 heteroatoms. The second-order valence-electron chi connectivity index (χ2n) is 7.01. The summed E-state index contributed by atoms with van der Waals surface area (Å²) in [6, 6.07) is 13.3. The number of anilines is 4. The van der Waals surface area contributed by atoms with Gasteiger partial charge in [0.2, 0.25) is 0 Å². The molecule has 0 saturated carbocycles. The fraction of sp³-hybridized carbons (Fsp3) is 0.368. The van der Waals surface area contributed by atoms with Crippen LogP contribution >= 0.6 is 0 Å². The summed E-state index contributed by atoms with van der Waals surface area (Å²) in [5.41, 5.74) is 7.98. The minimum absolute atomic E-state index is 0.167. The van der Waals surface area contributed by atoms with Crippen LogP contribution in [0.25, 0.3) is 0 Å². The van der Waals surface area contributed by atoms with Gasteiger partial charge in [-0.15, -0.1) is 0 Å². The first-order valence-corrected chi connectivity index (χ1v) is 7.52. The molecule has 0 atom stereocenters. The zero-order valence-electron chi connectivity index (χ0n) is 13.9. The number of hydrogen-bond donors (Lipinski definition) is 0. The van der Waals surface area contributed by atoms with E-state index in [4.69, 9.17) is 0 Å². The van der Waals surface area contributed by atoms with Crippen molar-refractivity contribution in [1.29, 1.82) is 0 Å². The number of para-hydroxylation sites is 1. The molecule has 0 unspecified atom stereocenters. The Morgan fingerprint density at radius 2 is 1.52 bits per heavy atom. The van der Waals surface area contributed by atoms with E-state index in [1.165, 1.54) is 33.9 Å². The lowest BCUT2D eigenvalue weighted by molar-refractivity contribution is 0.590. The largest absolute Gasteiger partial charge is 0.341 e. The van der Waals surface area contributed by atoms with Crippen LogP contribution in [0.2, 0.25) is 0 Å². The van der Waals surface area contributed by atoms with Crippen molar-refractivity contribution in [3.05, 3.63) is 47.5 Å². The molecule has 2 aromatic carbocycles. The van der Waals surface area contributed by atoms with E-state index >= 15 is 0 Å². The quantitative estimate of drug-likeness (QED) is 0.659. The standard InChI is InChI=1S/C19H24N2/c1-13-8-7-9-16-18(13)21(6)17-12-14(19(2,3)4)10-11-15(17)20(16)5/h7-12H,1-6H3. The summed E-state index contributed by atoms with van der Waals surface area (Å²) in [6.45, 7) is 8.98. The molecule has 0 radical (unpaired) electrons. The van der Waals surface area contributed by atoms with Crippen LogP contribution < -0.4 is 9.80 Å². The lowest BCUT2D eigenvalue weighted by atomic mass is 9.86. The van der Waals surface area contributed by atoms with Gasteiger partial charge >= 0.3 is 0 Å². The number of hydrogen-bond acceptors (Lipinski definition) is 2. The first-order valence-electron chi connectivity index (χ1n) is 7.52. The molecule has 1 aliphatic rings. The first-order chi connectivity index (χ1) is 9.80. The molecule has 0 aromatic heterocycles. The van der Waals surface area contributed by atoms with Crippen molar-refractivity contribution in [3.63, 3.8) is 0 Å². The van der Waals surface area contributed by atoms with Gasteiger partial charge in [-0.05, 0) is 41.7 Å². The Morgan fingerprint density at radius 3 is 2.19 bits per heavy atom. The number of aryl methyl sites for hydroxylation is 1. The fourth-order valence-corrected chi connectivity index (χ4v) is 3.14. The highest BCUT2D eigenvalue weighted by Crippen LogP contribution is 2.48. The maximum atomic E-state index is 2.33. The van der Waals surface area contributed by atoms with Crippen molar-refractivity contribution in [2.75, 3.05) is 23.9 Å². The van der Waals surface area contributed by atoms with Gasteiger partial charge in [-0.25, -0.2) is 0 Å². The lowest BCUT2D eigenvalue weighted by Crippen LogP contribution is -2.25. The molecule has 0 saturated heterocycles. The van der Waals surface area contributed by atoms with Gasteiger partial charge in [0.1, 0.15) is 0 Å². The average Bonchev–Trinajstić information content (AvgIpc) is 2.43. The lowest BCUT2D eigenvalue weighted by Gasteiger charge is -2.38. The predicted octanol–water partition coefficient (Wildman–Crippen LogP) is 5.14. The van der Waals surface area contributed by atoms with Crippen LogP contribution in [0, 0.1) is 6.92 Å². The fourth-order valence-electron chi connectivity index (χ4n) is 3.14. The third-order valence-electron chi connectivity index (χ3n) is 4.48. The number of nitrogens with zero attached hydrogens (tertiary/aromatic N) is 2. The molecule has 0 amide bonds. The van der Waals surface area contributed by atoms with Crippen LogP contribution in [0.15, 0.2) is 36.4 Å². The van der Waals surface area contributed by atoms with Crippen molar-refractivity contribution >= 4 is 22.7 Å². The monoisotopic (exact) mass is 280 g/mol. The van der Waals surface area contributed by atoms with Gasteiger partial charge in [-0.3, -0.25) is 0 Å². The van der Waals surface area contributed by atoms with Crippen LogP contribution in [-0.4, -0.2) is 14.1 Å². The SMILES string of the molecule is Cc1cccc2c1N(C)c1cc(C(C)(C)C)ccc1N2C. The van der Waals surface area contributed by atoms with Crippen LogP contribution in [0.4, 0.5) is 22.7 Å². The molecule has 2 aromatic rings. The Kier molecular flexibility index (Phi) is 3.01. The molecule has 1 aliphatic heterocycles. The van der Waals surface area contributed by atoms with Crippen molar-refractivity contribution in [2.24, 2.45) is 0 Å². The number of fused-ring (bicyclic) bond motifs is 2. The molecular formula is C19H24N2. The second-order valence-corrected chi connectivity index (χ2v) is 7.01. The van der Waals surface area contributed by atoms with Crippen molar-refractivity contribution in [2.45, 2.75) is 33.1 Å². The zero-order chi connectivity index (χ0) is 15.4. The minimum atomic E-state index is 0.167. The molecular weight excluding hydrogens is 256 g/mol. The third kappa shape index (κ3) is 2.10. The summed E-state index contributed by atoms with van der Waals surface area (Å²) < 4.78 is 0. The maximum absolute atomic E-state index is 2.33. The zero-order valence-corrected chi connectivity index (χ0v) is 13.9. The van der Waals surface area contributed by atoms with Gasteiger partial charge < -0.3 is 9.80 Å². The molecule has 1 heterocycles. The summed E-state index contributed by atoms with van der Waals surface area (Å²) in [4.78, 5) is 4.62.